The fourth-order valence-electron chi connectivity index (χ4n) is 1.48. The van der Waals surface area contributed by atoms with E-state index >= 15 is 0 Å². The molecule has 68 valence electrons. The van der Waals surface area contributed by atoms with Gasteiger partial charge < -0.3 is 8.94 Å². The zero-order valence-corrected chi connectivity index (χ0v) is 7.06. The van der Waals surface area contributed by atoms with E-state index in [0.29, 0.717) is 16.6 Å². The summed E-state index contributed by atoms with van der Waals surface area (Å²) in [5.74, 6) is 0. The lowest BCUT2D eigenvalue weighted by atomic mass is 10.2. The van der Waals surface area contributed by atoms with Crippen LogP contribution in [-0.4, -0.2) is 5.16 Å². The van der Waals surface area contributed by atoms with Crippen LogP contribution in [0, 0.1) is 0 Å². The third-order valence-corrected chi connectivity index (χ3v) is 2.12. The third-order valence-electron chi connectivity index (χ3n) is 2.12. The van der Waals surface area contributed by atoms with Crippen molar-refractivity contribution >= 4 is 21.9 Å². The highest BCUT2D eigenvalue weighted by Gasteiger charge is 2.09. The van der Waals surface area contributed by atoms with E-state index in [9.17, 15) is 4.79 Å². The van der Waals surface area contributed by atoms with Gasteiger partial charge in [0.1, 0.15) is 11.0 Å². The number of rotatable bonds is 0. The molecule has 4 nitrogen and oxygen atoms in total. The van der Waals surface area contributed by atoms with Crippen molar-refractivity contribution in [2.24, 2.45) is 0 Å². The fourth-order valence-corrected chi connectivity index (χ4v) is 1.48. The topological polar surface area (TPSA) is 56.2 Å². The van der Waals surface area contributed by atoms with Crippen molar-refractivity contribution in [2.75, 3.05) is 0 Å². The number of aromatic nitrogens is 1. The molecule has 0 amide bonds. The standard InChI is InChI=1S/C10H5NO3/c12-10-7-5-11-14-9(7)6-3-1-2-4-8(6)13-10/h1-5H. The molecule has 0 N–H and O–H groups in total. The van der Waals surface area contributed by atoms with Gasteiger partial charge in [0, 0.05) is 0 Å². The molecule has 0 bridgehead atoms. The molecule has 0 spiro atoms. The van der Waals surface area contributed by atoms with Crippen LogP contribution in [0.3, 0.4) is 0 Å². The Morgan fingerprint density at radius 3 is 2.93 bits per heavy atom. The molecule has 0 saturated heterocycles. The molecule has 0 aliphatic heterocycles. The molecule has 0 aliphatic rings. The first-order valence-corrected chi connectivity index (χ1v) is 4.12. The summed E-state index contributed by atoms with van der Waals surface area (Å²) in [5, 5.41) is 4.72. The van der Waals surface area contributed by atoms with Gasteiger partial charge in [0.05, 0.1) is 11.6 Å². The van der Waals surface area contributed by atoms with Crippen molar-refractivity contribution in [3.8, 4) is 0 Å². The van der Waals surface area contributed by atoms with Crippen LogP contribution in [0.2, 0.25) is 0 Å². The molecule has 0 radical (unpaired) electrons. The number of nitrogens with zero attached hydrogens (tertiary/aromatic N) is 1. The van der Waals surface area contributed by atoms with Crippen LogP contribution in [0.25, 0.3) is 21.9 Å². The first kappa shape index (κ1) is 7.32. The van der Waals surface area contributed by atoms with Crippen LogP contribution >= 0.6 is 0 Å². The third kappa shape index (κ3) is 0.821. The molecule has 4 heteroatoms. The summed E-state index contributed by atoms with van der Waals surface area (Å²) in [4.78, 5) is 11.4. The SMILES string of the molecule is O=c1oc2ccccc2c2oncc12. The molecule has 1 aromatic carbocycles. The molecule has 2 heterocycles. The second-order valence-corrected chi connectivity index (χ2v) is 2.95. The number of benzene rings is 1. The van der Waals surface area contributed by atoms with Gasteiger partial charge in [-0.2, -0.15) is 0 Å². The van der Waals surface area contributed by atoms with Crippen molar-refractivity contribution < 1.29 is 8.94 Å². The van der Waals surface area contributed by atoms with Crippen LogP contribution in [0.5, 0.6) is 0 Å². The molecule has 0 atom stereocenters. The summed E-state index contributed by atoms with van der Waals surface area (Å²) >= 11 is 0. The summed E-state index contributed by atoms with van der Waals surface area (Å²) in [6.07, 6.45) is 1.37. The lowest BCUT2D eigenvalue weighted by molar-refractivity contribution is 0.457. The second-order valence-electron chi connectivity index (χ2n) is 2.95. The van der Waals surface area contributed by atoms with E-state index < -0.39 is 5.63 Å². The first-order chi connectivity index (χ1) is 6.86. The summed E-state index contributed by atoms with van der Waals surface area (Å²) < 4.78 is 10.1. The molecule has 0 fully saturated rings. The lowest BCUT2D eigenvalue weighted by Crippen LogP contribution is -1.96. The van der Waals surface area contributed by atoms with E-state index in [-0.39, 0.29) is 0 Å². The Morgan fingerprint density at radius 1 is 1.14 bits per heavy atom. The highest BCUT2D eigenvalue weighted by atomic mass is 16.5. The quantitative estimate of drug-likeness (QED) is 0.504. The molecular formula is C10H5NO3. The van der Waals surface area contributed by atoms with E-state index in [0.717, 1.165) is 5.39 Å². The van der Waals surface area contributed by atoms with E-state index in [1.54, 1.807) is 12.1 Å². The maximum Gasteiger partial charge on any atom is 0.349 e. The molecule has 0 saturated carbocycles. The summed E-state index contributed by atoms with van der Waals surface area (Å²) in [6.45, 7) is 0. The predicted molar refractivity (Wildman–Crippen MR) is 50.1 cm³/mol. The van der Waals surface area contributed by atoms with Gasteiger partial charge >= 0.3 is 5.63 Å². The number of para-hydroxylation sites is 1. The Morgan fingerprint density at radius 2 is 2.00 bits per heavy atom. The maximum absolute atomic E-state index is 11.4. The first-order valence-electron chi connectivity index (χ1n) is 4.12. The molecular weight excluding hydrogens is 182 g/mol. The molecule has 3 rings (SSSR count). The average molecular weight is 187 g/mol. The maximum atomic E-state index is 11.4. The van der Waals surface area contributed by atoms with Crippen LogP contribution in [0.15, 0.2) is 44.2 Å². The summed E-state index contributed by atoms with van der Waals surface area (Å²) in [6, 6.07) is 7.20. The van der Waals surface area contributed by atoms with Crippen LogP contribution in [0.1, 0.15) is 0 Å². The largest absolute Gasteiger partial charge is 0.422 e. The Labute approximate surface area is 77.7 Å². The Bertz CT molecular complexity index is 665. The Kier molecular flexibility index (Phi) is 1.28. The molecule has 0 unspecified atom stereocenters. The van der Waals surface area contributed by atoms with Gasteiger partial charge in [-0.25, -0.2) is 4.79 Å². The van der Waals surface area contributed by atoms with E-state index in [4.69, 9.17) is 8.94 Å². The average Bonchev–Trinajstić information content (AvgIpc) is 2.67. The highest BCUT2D eigenvalue weighted by molar-refractivity contribution is 5.99. The zero-order chi connectivity index (χ0) is 9.54. The van der Waals surface area contributed by atoms with Gasteiger partial charge in [-0.05, 0) is 12.1 Å². The van der Waals surface area contributed by atoms with Crippen molar-refractivity contribution in [3.05, 3.63) is 40.9 Å². The number of fused-ring (bicyclic) bond motifs is 3. The zero-order valence-electron chi connectivity index (χ0n) is 7.06. The second kappa shape index (κ2) is 2.45. The molecule has 3 aromatic rings. The molecule has 2 aromatic heterocycles. The van der Waals surface area contributed by atoms with Gasteiger partial charge in [0.15, 0.2) is 5.58 Å². The normalized spacial score (nSPS) is 11.1. The van der Waals surface area contributed by atoms with E-state index in [1.807, 2.05) is 12.1 Å². The van der Waals surface area contributed by atoms with Gasteiger partial charge in [-0.1, -0.05) is 17.3 Å². The Balaban J connectivity index is 2.73. The van der Waals surface area contributed by atoms with Crippen molar-refractivity contribution in [2.45, 2.75) is 0 Å². The number of hydrogen-bond donors (Lipinski definition) is 0. The van der Waals surface area contributed by atoms with Gasteiger partial charge in [-0.15, -0.1) is 0 Å². The predicted octanol–water partition coefficient (Wildman–Crippen LogP) is 1.93. The monoisotopic (exact) mass is 187 g/mol. The van der Waals surface area contributed by atoms with Crippen LogP contribution in [-0.2, 0) is 0 Å². The van der Waals surface area contributed by atoms with Gasteiger partial charge in [-0.3, -0.25) is 0 Å². The smallest absolute Gasteiger partial charge is 0.349 e. The molecule has 0 aliphatic carbocycles. The minimum atomic E-state index is -0.417. The highest BCUT2D eigenvalue weighted by Crippen LogP contribution is 2.21. The van der Waals surface area contributed by atoms with Crippen LogP contribution in [0.4, 0.5) is 0 Å². The lowest BCUT2D eigenvalue weighted by Gasteiger charge is -1.93. The van der Waals surface area contributed by atoms with Crippen molar-refractivity contribution in [1.82, 2.24) is 5.16 Å². The minimum absolute atomic E-state index is 0.378. The van der Waals surface area contributed by atoms with Crippen molar-refractivity contribution in [3.63, 3.8) is 0 Å². The number of hydrogen-bond acceptors (Lipinski definition) is 4. The summed E-state index contributed by atoms with van der Waals surface area (Å²) in [5.41, 5.74) is 0.582. The van der Waals surface area contributed by atoms with Crippen LogP contribution < -0.4 is 5.63 Å². The van der Waals surface area contributed by atoms with Crippen molar-refractivity contribution in [1.29, 1.82) is 0 Å². The Hall–Kier alpha value is -2.10. The van der Waals surface area contributed by atoms with E-state index in [2.05, 4.69) is 5.16 Å². The minimum Gasteiger partial charge on any atom is -0.422 e. The van der Waals surface area contributed by atoms with Gasteiger partial charge in [0.25, 0.3) is 0 Å². The molecule has 14 heavy (non-hydrogen) atoms. The fraction of sp³-hybridized carbons (Fsp3) is 0. The van der Waals surface area contributed by atoms with Gasteiger partial charge in [0.2, 0.25) is 0 Å². The van der Waals surface area contributed by atoms with E-state index in [1.165, 1.54) is 6.20 Å². The summed E-state index contributed by atoms with van der Waals surface area (Å²) in [7, 11) is 0.